The van der Waals surface area contributed by atoms with E-state index >= 15 is 0 Å². The lowest BCUT2D eigenvalue weighted by Gasteiger charge is -2.23. The second-order valence-corrected chi connectivity index (χ2v) is 13.2. The number of nitrogens with two attached hydrogens (primary N) is 2. The molecule has 0 amide bonds. The van der Waals surface area contributed by atoms with E-state index < -0.39 is 42.7 Å². The van der Waals surface area contributed by atoms with E-state index in [9.17, 15) is 25.3 Å². The van der Waals surface area contributed by atoms with Crippen molar-refractivity contribution in [3.05, 3.63) is 48.5 Å². The molecule has 0 spiro atoms. The molecular weight excluding hydrogens is 520 g/mol. The van der Waals surface area contributed by atoms with Gasteiger partial charge in [-0.3, -0.25) is 0 Å². The van der Waals surface area contributed by atoms with Crippen molar-refractivity contribution in [1.29, 1.82) is 0 Å². The summed E-state index contributed by atoms with van der Waals surface area (Å²) < 4.78 is 87.0. The van der Waals surface area contributed by atoms with Crippen molar-refractivity contribution in [3.63, 3.8) is 0 Å². The van der Waals surface area contributed by atoms with Crippen LogP contribution in [0.2, 0.25) is 0 Å². The Morgan fingerprint density at radius 2 is 0.943 bits per heavy atom. The Bertz CT molecular complexity index is 1220. The molecule has 0 saturated carbocycles. The summed E-state index contributed by atoms with van der Waals surface area (Å²) in [7, 11) is -9.85. The zero-order valence-electron chi connectivity index (χ0n) is 19.7. The molecule has 2 aromatic rings. The van der Waals surface area contributed by atoms with E-state index in [2.05, 4.69) is 0 Å². The number of nitrogen functional groups attached to an aromatic ring is 2. The molecule has 4 N–H and O–H groups in total. The van der Waals surface area contributed by atoms with Crippen LogP contribution in [0.15, 0.2) is 58.3 Å². The predicted octanol–water partition coefficient (Wildman–Crippen LogP) is 0.847. The van der Waals surface area contributed by atoms with Crippen molar-refractivity contribution in [2.24, 2.45) is 0 Å². The Hall–Kier alpha value is -2.27. The maximum Gasteiger partial charge on any atom is 0.400 e. The Balaban J connectivity index is 1.97. The summed E-state index contributed by atoms with van der Waals surface area (Å²) in [5, 5.41) is 0. The highest BCUT2D eigenvalue weighted by Crippen LogP contribution is 2.19. The van der Waals surface area contributed by atoms with Gasteiger partial charge in [0.1, 0.15) is 0 Å². The molecule has 0 aliphatic rings. The first kappa shape index (κ1) is 29.0. The molecule has 2 rings (SSSR count). The summed E-state index contributed by atoms with van der Waals surface area (Å²) in [4.78, 5) is -0.0287. The second kappa shape index (κ2) is 11.2. The van der Waals surface area contributed by atoms with E-state index in [0.29, 0.717) is 11.4 Å². The number of anilines is 2. The Labute approximate surface area is 206 Å². The van der Waals surface area contributed by atoms with Crippen LogP contribution in [0.5, 0.6) is 0 Å². The molecule has 0 bridgehead atoms. The molecule has 0 aliphatic heterocycles. The van der Waals surface area contributed by atoms with Gasteiger partial charge in [0.05, 0.1) is 22.0 Å². The fraction of sp³-hybridized carbons (Fsp3) is 0.400. The molecular formula is C20H30N4O8S3. The van der Waals surface area contributed by atoms with Crippen molar-refractivity contribution in [2.75, 3.05) is 38.7 Å². The first-order valence-corrected chi connectivity index (χ1v) is 14.5. The third kappa shape index (κ3) is 7.86. The second-order valence-electron chi connectivity index (χ2n) is 7.93. The maximum atomic E-state index is 12.7. The summed E-state index contributed by atoms with van der Waals surface area (Å²) in [6.45, 7) is 2.13. The van der Waals surface area contributed by atoms with E-state index in [1.54, 1.807) is 0 Å². The Morgan fingerprint density at radius 3 is 1.23 bits per heavy atom. The van der Waals surface area contributed by atoms with Gasteiger partial charge in [-0.1, -0.05) is 0 Å². The van der Waals surface area contributed by atoms with Crippen LogP contribution in [-0.2, 0) is 38.8 Å². The van der Waals surface area contributed by atoms with E-state index in [4.69, 9.17) is 19.8 Å². The van der Waals surface area contributed by atoms with Crippen molar-refractivity contribution < 1.29 is 33.6 Å². The SMILES string of the molecule is CC(CN(C)S(=O)(=O)c1ccc(N)cc1)OS(=O)(=O)OC(C)CN(C)S(=O)(=O)c1ccc(N)cc1. The van der Waals surface area contributed by atoms with Crippen LogP contribution in [0.4, 0.5) is 11.4 Å². The van der Waals surface area contributed by atoms with Gasteiger partial charge in [0, 0.05) is 38.6 Å². The van der Waals surface area contributed by atoms with Gasteiger partial charge < -0.3 is 11.5 Å². The standard InChI is InChI=1S/C20H30N4O8S3/c1-15(13-23(3)33(25,26)19-9-5-17(21)6-10-19)31-35(29,30)32-16(2)14-24(4)34(27,28)20-11-7-18(22)8-12-20/h5-12,15-16H,13-14,21-22H2,1-4H3. The van der Waals surface area contributed by atoms with Gasteiger partial charge in [0.2, 0.25) is 20.0 Å². The highest BCUT2D eigenvalue weighted by molar-refractivity contribution is 7.89. The third-order valence-corrected chi connectivity index (χ3v) is 9.57. The summed E-state index contributed by atoms with van der Waals surface area (Å²) in [6.07, 6.45) is -2.20. The molecule has 0 saturated heterocycles. The van der Waals surface area contributed by atoms with Crippen LogP contribution >= 0.6 is 0 Å². The fourth-order valence-corrected chi connectivity index (χ4v) is 6.51. The van der Waals surface area contributed by atoms with Crippen molar-refractivity contribution >= 4 is 41.8 Å². The zero-order chi connectivity index (χ0) is 26.6. The molecule has 0 fully saturated rings. The number of benzene rings is 2. The number of rotatable bonds is 12. The highest BCUT2D eigenvalue weighted by Gasteiger charge is 2.28. The fourth-order valence-electron chi connectivity index (χ4n) is 3.05. The molecule has 12 nitrogen and oxygen atoms in total. The van der Waals surface area contributed by atoms with E-state index in [1.165, 1.54) is 76.5 Å². The minimum Gasteiger partial charge on any atom is -0.399 e. The summed E-state index contributed by atoms with van der Waals surface area (Å²) >= 11 is 0. The lowest BCUT2D eigenvalue weighted by Crippen LogP contribution is -2.38. The van der Waals surface area contributed by atoms with Crippen LogP contribution in [0.1, 0.15) is 13.8 Å². The number of likely N-dealkylation sites (N-methyl/N-ethyl adjacent to an activating group) is 2. The summed E-state index contributed by atoms with van der Waals surface area (Å²) in [5.74, 6) is 0. The monoisotopic (exact) mass is 550 g/mol. The summed E-state index contributed by atoms with van der Waals surface area (Å²) in [6, 6.07) is 11.1. The number of sulfonamides is 2. The van der Waals surface area contributed by atoms with Gasteiger partial charge in [-0.2, -0.15) is 17.0 Å². The number of nitrogens with zero attached hydrogens (tertiary/aromatic N) is 2. The molecule has 2 atom stereocenters. The molecule has 35 heavy (non-hydrogen) atoms. The molecule has 0 radical (unpaired) electrons. The largest absolute Gasteiger partial charge is 0.400 e. The Kier molecular flexibility index (Phi) is 9.27. The first-order chi connectivity index (χ1) is 16.0. The van der Waals surface area contributed by atoms with Crippen molar-refractivity contribution in [2.45, 2.75) is 35.8 Å². The summed E-state index contributed by atoms with van der Waals surface area (Å²) in [5.41, 5.74) is 11.9. The molecule has 0 aliphatic carbocycles. The lowest BCUT2D eigenvalue weighted by molar-refractivity contribution is 0.122. The van der Waals surface area contributed by atoms with E-state index in [-0.39, 0.29) is 22.9 Å². The van der Waals surface area contributed by atoms with Crippen molar-refractivity contribution in [3.8, 4) is 0 Å². The van der Waals surface area contributed by atoms with Gasteiger partial charge >= 0.3 is 10.4 Å². The van der Waals surface area contributed by atoms with Crippen LogP contribution in [0.25, 0.3) is 0 Å². The Morgan fingerprint density at radius 1 is 0.657 bits per heavy atom. The molecule has 0 aromatic heterocycles. The van der Waals surface area contributed by atoms with Gasteiger partial charge in [-0.25, -0.2) is 25.2 Å². The third-order valence-electron chi connectivity index (χ3n) is 4.77. The smallest absolute Gasteiger partial charge is 0.399 e. The van der Waals surface area contributed by atoms with Crippen LogP contribution in [-0.4, -0.2) is 73.3 Å². The number of hydrogen-bond acceptors (Lipinski definition) is 10. The predicted molar refractivity (Wildman–Crippen MR) is 131 cm³/mol. The van der Waals surface area contributed by atoms with E-state index in [1.807, 2.05) is 0 Å². The van der Waals surface area contributed by atoms with Gasteiger partial charge in [-0.05, 0) is 62.4 Å². The van der Waals surface area contributed by atoms with Crippen molar-refractivity contribution in [1.82, 2.24) is 8.61 Å². The maximum absolute atomic E-state index is 12.7. The van der Waals surface area contributed by atoms with Gasteiger partial charge in [-0.15, -0.1) is 0 Å². The highest BCUT2D eigenvalue weighted by atomic mass is 32.3. The average molecular weight is 551 g/mol. The number of hydrogen-bond donors (Lipinski definition) is 2. The lowest BCUT2D eigenvalue weighted by atomic mass is 10.3. The van der Waals surface area contributed by atoms with Gasteiger partial charge in [0.25, 0.3) is 0 Å². The molecule has 0 heterocycles. The quantitative estimate of drug-likeness (QED) is 0.360. The topological polar surface area (TPSA) is 179 Å². The minimum absolute atomic E-state index is 0.0144. The normalized spacial score (nSPS) is 14.8. The molecule has 2 aromatic carbocycles. The minimum atomic E-state index is -4.58. The van der Waals surface area contributed by atoms with Crippen LogP contribution in [0, 0.1) is 0 Å². The molecule has 196 valence electrons. The molecule has 2 unspecified atom stereocenters. The van der Waals surface area contributed by atoms with E-state index in [0.717, 1.165) is 8.61 Å². The first-order valence-electron chi connectivity index (χ1n) is 10.3. The average Bonchev–Trinajstić information content (AvgIpc) is 2.73. The van der Waals surface area contributed by atoms with Gasteiger partial charge in [0.15, 0.2) is 0 Å². The molecule has 15 heteroatoms. The van der Waals surface area contributed by atoms with Crippen LogP contribution in [0.3, 0.4) is 0 Å². The van der Waals surface area contributed by atoms with Crippen LogP contribution < -0.4 is 11.5 Å². The zero-order valence-corrected chi connectivity index (χ0v) is 22.2.